The highest BCUT2D eigenvalue weighted by Gasteiger charge is 2.19. The van der Waals surface area contributed by atoms with E-state index in [1.165, 1.54) is 6.08 Å². The second kappa shape index (κ2) is 7.89. The van der Waals surface area contributed by atoms with E-state index in [2.05, 4.69) is 5.32 Å². The molecular weight excluding hydrogens is 256 g/mol. The van der Waals surface area contributed by atoms with Crippen molar-refractivity contribution in [2.24, 2.45) is 0 Å². The molecule has 0 aromatic heterocycles. The quantitative estimate of drug-likeness (QED) is 0.658. The molecule has 5 nitrogen and oxygen atoms in total. The summed E-state index contributed by atoms with van der Waals surface area (Å²) in [5.74, 6) is -0.529. The van der Waals surface area contributed by atoms with Gasteiger partial charge in [0.1, 0.15) is 6.29 Å². The van der Waals surface area contributed by atoms with Crippen LogP contribution in [-0.2, 0) is 9.59 Å². The van der Waals surface area contributed by atoms with Gasteiger partial charge in [-0.15, -0.1) is 0 Å². The van der Waals surface area contributed by atoms with Crippen LogP contribution in [0, 0.1) is 0 Å². The molecule has 3 amide bonds. The highest BCUT2D eigenvalue weighted by Crippen LogP contribution is 2.02. The van der Waals surface area contributed by atoms with Gasteiger partial charge in [0.25, 0.3) is 5.91 Å². The second-order valence-corrected chi connectivity index (χ2v) is 4.46. The number of nitrogens with zero attached hydrogens (tertiary/aromatic N) is 1. The zero-order valence-electron chi connectivity index (χ0n) is 11.6. The molecule has 5 heteroatoms. The van der Waals surface area contributed by atoms with Crippen LogP contribution in [0.3, 0.4) is 0 Å². The number of carbonyl (C=O) groups is 3. The second-order valence-electron chi connectivity index (χ2n) is 4.46. The number of imide groups is 1. The molecule has 0 saturated heterocycles. The van der Waals surface area contributed by atoms with Crippen LogP contribution < -0.4 is 5.32 Å². The van der Waals surface area contributed by atoms with Crippen molar-refractivity contribution in [2.75, 3.05) is 6.54 Å². The first-order valence-electron chi connectivity index (χ1n) is 6.33. The number of aldehydes is 1. The lowest BCUT2D eigenvalue weighted by atomic mass is 10.2. The first-order valence-corrected chi connectivity index (χ1v) is 6.33. The molecule has 106 valence electrons. The molecule has 0 unspecified atom stereocenters. The van der Waals surface area contributed by atoms with E-state index in [9.17, 15) is 14.4 Å². The molecule has 20 heavy (non-hydrogen) atoms. The van der Waals surface area contributed by atoms with Crippen LogP contribution in [-0.4, -0.2) is 35.7 Å². The van der Waals surface area contributed by atoms with Gasteiger partial charge in [0.15, 0.2) is 0 Å². The molecule has 0 aliphatic carbocycles. The van der Waals surface area contributed by atoms with Crippen LogP contribution in [0.25, 0.3) is 6.08 Å². The summed E-state index contributed by atoms with van der Waals surface area (Å²) >= 11 is 0. The monoisotopic (exact) mass is 274 g/mol. The molecule has 1 rings (SSSR count). The van der Waals surface area contributed by atoms with Gasteiger partial charge in [0, 0.05) is 12.1 Å². The van der Waals surface area contributed by atoms with Crippen LogP contribution in [0.1, 0.15) is 19.4 Å². The number of benzene rings is 1. The van der Waals surface area contributed by atoms with Crippen LogP contribution >= 0.6 is 0 Å². The van der Waals surface area contributed by atoms with E-state index in [1.54, 1.807) is 19.9 Å². The molecule has 0 heterocycles. The molecule has 1 aromatic rings. The summed E-state index contributed by atoms with van der Waals surface area (Å²) < 4.78 is 0. The number of urea groups is 1. The predicted octanol–water partition coefficient (Wildman–Crippen LogP) is 1.85. The maximum Gasteiger partial charge on any atom is 0.324 e. The lowest BCUT2D eigenvalue weighted by Crippen LogP contribution is -2.46. The standard InChI is InChI=1S/C15H18N2O3/c1-12(2)16-15(20)17(10-11-18)14(19)9-8-13-6-4-3-5-7-13/h3-9,11-12H,10H2,1-2H3,(H,16,20). The minimum atomic E-state index is -0.574. The molecule has 1 aromatic carbocycles. The van der Waals surface area contributed by atoms with Gasteiger partial charge in [-0.1, -0.05) is 30.3 Å². The third-order valence-corrected chi connectivity index (χ3v) is 2.40. The van der Waals surface area contributed by atoms with Crippen LogP contribution in [0.5, 0.6) is 0 Å². The molecular formula is C15H18N2O3. The largest absolute Gasteiger partial charge is 0.335 e. The van der Waals surface area contributed by atoms with Crippen molar-refractivity contribution >= 4 is 24.3 Å². The Kier molecular flexibility index (Phi) is 6.16. The van der Waals surface area contributed by atoms with E-state index in [0.29, 0.717) is 6.29 Å². The number of carbonyl (C=O) groups excluding carboxylic acids is 3. The van der Waals surface area contributed by atoms with Gasteiger partial charge < -0.3 is 10.1 Å². The smallest absolute Gasteiger partial charge is 0.324 e. The zero-order chi connectivity index (χ0) is 15.0. The van der Waals surface area contributed by atoms with Gasteiger partial charge in [0.05, 0.1) is 6.54 Å². The van der Waals surface area contributed by atoms with E-state index >= 15 is 0 Å². The summed E-state index contributed by atoms with van der Waals surface area (Å²) in [5.41, 5.74) is 0.844. The zero-order valence-corrected chi connectivity index (χ0v) is 11.6. The fourth-order valence-electron chi connectivity index (χ4n) is 1.49. The Morgan fingerprint density at radius 2 is 1.90 bits per heavy atom. The SMILES string of the molecule is CC(C)NC(=O)N(CC=O)C(=O)C=Cc1ccccc1. The normalized spacial score (nSPS) is 10.6. The molecule has 0 radical (unpaired) electrons. The average Bonchev–Trinajstić information content (AvgIpc) is 2.42. The van der Waals surface area contributed by atoms with E-state index in [4.69, 9.17) is 0 Å². The highest BCUT2D eigenvalue weighted by molar-refractivity contribution is 6.03. The summed E-state index contributed by atoms with van der Waals surface area (Å²) in [5, 5.41) is 2.58. The number of amides is 3. The van der Waals surface area contributed by atoms with Crippen molar-refractivity contribution in [3.63, 3.8) is 0 Å². The van der Waals surface area contributed by atoms with Crippen LogP contribution in [0.2, 0.25) is 0 Å². The Hall–Kier alpha value is -2.43. The number of hydrogen-bond donors (Lipinski definition) is 1. The van der Waals surface area contributed by atoms with E-state index in [0.717, 1.165) is 10.5 Å². The van der Waals surface area contributed by atoms with Crippen LogP contribution in [0.4, 0.5) is 4.79 Å². The maximum absolute atomic E-state index is 11.9. The molecule has 0 bridgehead atoms. The topological polar surface area (TPSA) is 66.5 Å². The van der Waals surface area contributed by atoms with Crippen molar-refractivity contribution in [2.45, 2.75) is 19.9 Å². The summed E-state index contributed by atoms with van der Waals surface area (Å²) in [6.45, 7) is 3.29. The van der Waals surface area contributed by atoms with Crippen molar-refractivity contribution in [3.05, 3.63) is 42.0 Å². The summed E-state index contributed by atoms with van der Waals surface area (Å²) in [7, 11) is 0. The minimum absolute atomic E-state index is 0.109. The number of rotatable bonds is 5. The van der Waals surface area contributed by atoms with E-state index in [1.807, 2.05) is 30.3 Å². The van der Waals surface area contributed by atoms with Gasteiger partial charge >= 0.3 is 6.03 Å². The molecule has 1 N–H and O–H groups in total. The van der Waals surface area contributed by atoms with Gasteiger partial charge in [-0.25, -0.2) is 4.79 Å². The third kappa shape index (κ3) is 5.06. The van der Waals surface area contributed by atoms with Crippen molar-refractivity contribution in [1.82, 2.24) is 10.2 Å². The van der Waals surface area contributed by atoms with Gasteiger partial charge in [-0.2, -0.15) is 0 Å². The Balaban J connectivity index is 2.76. The van der Waals surface area contributed by atoms with E-state index in [-0.39, 0.29) is 12.6 Å². The minimum Gasteiger partial charge on any atom is -0.335 e. The van der Waals surface area contributed by atoms with Gasteiger partial charge in [-0.05, 0) is 25.5 Å². The average molecular weight is 274 g/mol. The summed E-state index contributed by atoms with van der Waals surface area (Å²) in [4.78, 5) is 35.2. The van der Waals surface area contributed by atoms with Crippen molar-refractivity contribution in [1.29, 1.82) is 0 Å². The lowest BCUT2D eigenvalue weighted by molar-refractivity contribution is -0.125. The fraction of sp³-hybridized carbons (Fsp3) is 0.267. The Bertz CT molecular complexity index is 495. The molecule has 0 aliphatic rings. The first-order chi connectivity index (χ1) is 9.54. The molecule has 0 fully saturated rings. The maximum atomic E-state index is 11.9. The lowest BCUT2D eigenvalue weighted by Gasteiger charge is -2.18. The molecule has 0 aliphatic heterocycles. The van der Waals surface area contributed by atoms with Gasteiger partial charge in [-0.3, -0.25) is 9.69 Å². The van der Waals surface area contributed by atoms with E-state index < -0.39 is 11.9 Å². The Labute approximate surface area is 118 Å². The van der Waals surface area contributed by atoms with Gasteiger partial charge in [0.2, 0.25) is 0 Å². The van der Waals surface area contributed by atoms with Crippen LogP contribution in [0.15, 0.2) is 36.4 Å². The molecule has 0 saturated carbocycles. The number of nitrogens with one attached hydrogen (secondary N) is 1. The summed E-state index contributed by atoms with van der Waals surface area (Å²) in [6, 6.07) is 8.55. The predicted molar refractivity (Wildman–Crippen MR) is 76.9 cm³/mol. The Morgan fingerprint density at radius 1 is 1.25 bits per heavy atom. The molecule has 0 atom stereocenters. The summed E-state index contributed by atoms with van der Waals surface area (Å²) in [6.07, 6.45) is 3.40. The Morgan fingerprint density at radius 3 is 2.45 bits per heavy atom. The third-order valence-electron chi connectivity index (χ3n) is 2.40. The number of hydrogen-bond acceptors (Lipinski definition) is 3. The first kappa shape index (κ1) is 15.6. The fourth-order valence-corrected chi connectivity index (χ4v) is 1.49. The molecule has 0 spiro atoms. The van der Waals surface area contributed by atoms with Crippen molar-refractivity contribution < 1.29 is 14.4 Å². The van der Waals surface area contributed by atoms with Crippen molar-refractivity contribution in [3.8, 4) is 0 Å². The highest BCUT2D eigenvalue weighted by atomic mass is 16.2.